The van der Waals surface area contributed by atoms with E-state index in [2.05, 4.69) is 5.10 Å². The topological polar surface area (TPSA) is 96.0 Å². The molecule has 1 N–H and O–H groups in total. The van der Waals surface area contributed by atoms with Crippen molar-refractivity contribution in [3.8, 4) is 0 Å². The third-order valence-electron chi connectivity index (χ3n) is 3.98. The Bertz CT molecular complexity index is 715. The van der Waals surface area contributed by atoms with E-state index in [0.717, 1.165) is 6.07 Å². The second kappa shape index (κ2) is 5.90. The van der Waals surface area contributed by atoms with Crippen molar-refractivity contribution >= 4 is 17.3 Å². The second-order valence-corrected chi connectivity index (χ2v) is 6.53. The molecule has 0 saturated heterocycles. The van der Waals surface area contributed by atoms with Gasteiger partial charge >= 0.3 is 0 Å². The molecule has 2 rings (SSSR count). The first-order chi connectivity index (χ1) is 11.0. The van der Waals surface area contributed by atoms with Crippen LogP contribution in [0.4, 0.5) is 14.5 Å². The number of nitrogens with zero attached hydrogens (tertiary/aromatic N) is 3. The predicted octanol–water partition coefficient (Wildman–Crippen LogP) is 2.80. The molecule has 24 heavy (non-hydrogen) atoms. The molecule has 0 aromatic heterocycles. The third kappa shape index (κ3) is 2.86. The zero-order valence-electron chi connectivity index (χ0n) is 13.4. The molecule has 9 heteroatoms. The second-order valence-electron chi connectivity index (χ2n) is 6.53. The van der Waals surface area contributed by atoms with E-state index in [9.17, 15) is 28.8 Å². The van der Waals surface area contributed by atoms with Crippen LogP contribution in [0.25, 0.3) is 0 Å². The number of nitro benzene ring substituents is 1. The van der Waals surface area contributed by atoms with E-state index < -0.39 is 46.2 Å². The number of aliphatic hydroxyl groups is 1. The monoisotopic (exact) mass is 341 g/mol. The molecule has 0 radical (unpaired) electrons. The van der Waals surface area contributed by atoms with Gasteiger partial charge in [-0.15, -0.1) is 0 Å². The van der Waals surface area contributed by atoms with Crippen LogP contribution in [0, 0.1) is 15.5 Å². The molecule has 1 aromatic carbocycles. The van der Waals surface area contributed by atoms with Gasteiger partial charge in [0.1, 0.15) is 11.3 Å². The summed E-state index contributed by atoms with van der Waals surface area (Å²) in [6.07, 6.45) is -3.47. The van der Waals surface area contributed by atoms with Crippen molar-refractivity contribution in [3.05, 3.63) is 39.9 Å². The van der Waals surface area contributed by atoms with E-state index in [4.69, 9.17) is 0 Å². The van der Waals surface area contributed by atoms with E-state index in [1.807, 2.05) is 0 Å². The number of benzene rings is 1. The Morgan fingerprint density at radius 3 is 2.50 bits per heavy atom. The van der Waals surface area contributed by atoms with E-state index in [0.29, 0.717) is 5.01 Å². The molecule has 0 aliphatic carbocycles. The molecule has 1 aliphatic rings. The average molecular weight is 341 g/mol. The summed E-state index contributed by atoms with van der Waals surface area (Å²) in [6, 6.07) is 5.10. The Kier molecular flexibility index (Phi) is 4.40. The summed E-state index contributed by atoms with van der Waals surface area (Å²) in [4.78, 5) is 23.0. The number of amides is 1. The van der Waals surface area contributed by atoms with Crippen molar-refractivity contribution in [1.82, 2.24) is 5.01 Å². The Morgan fingerprint density at radius 2 is 2.00 bits per heavy atom. The Balaban J connectivity index is 2.55. The van der Waals surface area contributed by atoms with Crippen LogP contribution >= 0.6 is 0 Å². The molecule has 1 heterocycles. The van der Waals surface area contributed by atoms with E-state index >= 15 is 0 Å². The van der Waals surface area contributed by atoms with Gasteiger partial charge in [-0.05, 0) is 6.07 Å². The zero-order valence-corrected chi connectivity index (χ0v) is 13.4. The van der Waals surface area contributed by atoms with E-state index in [1.54, 1.807) is 20.8 Å². The fourth-order valence-corrected chi connectivity index (χ4v) is 2.42. The SMILES string of the molecule is CC(C)(C)C1(O)CC(C(F)F)=NN1C(=O)c1ccccc1[N+](=O)[O-]. The fourth-order valence-electron chi connectivity index (χ4n) is 2.42. The van der Waals surface area contributed by atoms with Gasteiger partial charge in [0.2, 0.25) is 0 Å². The lowest BCUT2D eigenvalue weighted by atomic mass is 9.80. The maximum atomic E-state index is 13.0. The molecule has 0 fully saturated rings. The first-order valence-electron chi connectivity index (χ1n) is 7.15. The summed E-state index contributed by atoms with van der Waals surface area (Å²) in [7, 11) is 0. The normalized spacial score (nSPS) is 21.1. The average Bonchev–Trinajstić information content (AvgIpc) is 2.85. The lowest BCUT2D eigenvalue weighted by molar-refractivity contribution is -0.385. The van der Waals surface area contributed by atoms with Gasteiger partial charge in [0, 0.05) is 17.9 Å². The minimum absolute atomic E-state index is 0.329. The molecule has 1 atom stereocenters. The first-order valence-corrected chi connectivity index (χ1v) is 7.15. The van der Waals surface area contributed by atoms with Gasteiger partial charge in [0.25, 0.3) is 18.0 Å². The van der Waals surface area contributed by atoms with Crippen LogP contribution in [0.2, 0.25) is 0 Å². The molecule has 7 nitrogen and oxygen atoms in total. The number of carbonyl (C=O) groups excluding carboxylic acids is 1. The van der Waals surface area contributed by atoms with Gasteiger partial charge in [-0.25, -0.2) is 8.78 Å². The number of para-hydroxylation sites is 1. The molecular weight excluding hydrogens is 324 g/mol. The smallest absolute Gasteiger partial charge is 0.283 e. The summed E-state index contributed by atoms with van der Waals surface area (Å²) >= 11 is 0. The van der Waals surface area contributed by atoms with Crippen LogP contribution < -0.4 is 0 Å². The Labute approximate surface area is 136 Å². The maximum Gasteiger partial charge on any atom is 0.283 e. The summed E-state index contributed by atoms with van der Waals surface area (Å²) in [5, 5.41) is 26.0. The summed E-state index contributed by atoms with van der Waals surface area (Å²) in [5.74, 6) is -1.00. The number of hydrazone groups is 1. The van der Waals surface area contributed by atoms with Gasteiger partial charge in [-0.3, -0.25) is 14.9 Å². The highest BCUT2D eigenvalue weighted by atomic mass is 19.3. The molecule has 1 aliphatic heterocycles. The molecule has 1 amide bonds. The van der Waals surface area contributed by atoms with Crippen molar-refractivity contribution in [2.24, 2.45) is 10.5 Å². The number of hydrogen-bond acceptors (Lipinski definition) is 5. The van der Waals surface area contributed by atoms with Gasteiger partial charge in [0.05, 0.1) is 4.92 Å². The molecule has 130 valence electrons. The largest absolute Gasteiger partial charge is 0.368 e. The van der Waals surface area contributed by atoms with Gasteiger partial charge < -0.3 is 5.11 Å². The van der Waals surface area contributed by atoms with Crippen LogP contribution in [-0.4, -0.2) is 38.8 Å². The van der Waals surface area contributed by atoms with Gasteiger partial charge in [0.15, 0.2) is 5.72 Å². The van der Waals surface area contributed by atoms with Crippen molar-refractivity contribution in [2.75, 3.05) is 0 Å². The lowest BCUT2D eigenvalue weighted by Gasteiger charge is -2.41. The van der Waals surface area contributed by atoms with Crippen molar-refractivity contribution in [1.29, 1.82) is 0 Å². The van der Waals surface area contributed by atoms with Crippen LogP contribution in [-0.2, 0) is 0 Å². The summed E-state index contributed by atoms with van der Waals surface area (Å²) < 4.78 is 26.1. The van der Waals surface area contributed by atoms with Crippen molar-refractivity contribution in [3.63, 3.8) is 0 Å². The zero-order chi connectivity index (χ0) is 18.3. The molecule has 1 unspecified atom stereocenters. The number of nitro groups is 1. The molecule has 0 bridgehead atoms. The Hall–Kier alpha value is -2.42. The van der Waals surface area contributed by atoms with E-state index in [-0.39, 0.29) is 5.56 Å². The first kappa shape index (κ1) is 17.9. The quantitative estimate of drug-likeness (QED) is 0.675. The maximum absolute atomic E-state index is 13.0. The highest BCUT2D eigenvalue weighted by molar-refractivity contribution is 6.01. The molecule has 0 saturated carbocycles. The highest BCUT2D eigenvalue weighted by Gasteiger charge is 2.54. The van der Waals surface area contributed by atoms with Crippen LogP contribution in [0.1, 0.15) is 37.6 Å². The van der Waals surface area contributed by atoms with Crippen molar-refractivity contribution < 1.29 is 23.6 Å². The number of rotatable bonds is 3. The highest BCUT2D eigenvalue weighted by Crippen LogP contribution is 2.42. The number of hydrogen-bond donors (Lipinski definition) is 1. The lowest BCUT2D eigenvalue weighted by Crippen LogP contribution is -2.55. The predicted molar refractivity (Wildman–Crippen MR) is 81.7 cm³/mol. The third-order valence-corrected chi connectivity index (χ3v) is 3.98. The van der Waals surface area contributed by atoms with Gasteiger partial charge in [-0.2, -0.15) is 10.1 Å². The number of alkyl halides is 2. The molecule has 1 aromatic rings. The van der Waals surface area contributed by atoms with E-state index in [1.165, 1.54) is 18.2 Å². The Morgan fingerprint density at radius 1 is 1.42 bits per heavy atom. The number of halogens is 2. The standard InChI is InChI=1S/C15H17F2N3O4/c1-14(2,3)15(22)8-10(12(16)17)18-19(15)13(21)9-6-4-5-7-11(9)20(23)24/h4-7,12,22H,8H2,1-3H3. The minimum Gasteiger partial charge on any atom is -0.368 e. The fraction of sp³-hybridized carbons (Fsp3) is 0.467. The summed E-state index contributed by atoms with van der Waals surface area (Å²) in [6.45, 7) is 4.70. The van der Waals surface area contributed by atoms with Gasteiger partial charge in [-0.1, -0.05) is 32.9 Å². The molecular formula is C15H17F2N3O4. The van der Waals surface area contributed by atoms with Crippen LogP contribution in [0.15, 0.2) is 29.4 Å². The minimum atomic E-state index is -2.94. The van der Waals surface area contributed by atoms with Crippen molar-refractivity contribution in [2.45, 2.75) is 39.3 Å². The number of carbonyl (C=O) groups is 1. The van der Waals surface area contributed by atoms with Crippen LogP contribution in [0.5, 0.6) is 0 Å². The molecule has 0 spiro atoms. The van der Waals surface area contributed by atoms with Crippen LogP contribution in [0.3, 0.4) is 0 Å². The summed E-state index contributed by atoms with van der Waals surface area (Å²) in [5.41, 5.74) is -4.48.